The Labute approximate surface area is 157 Å². The van der Waals surface area contributed by atoms with E-state index in [-0.39, 0.29) is 23.4 Å². The minimum Gasteiger partial charge on any atom is -0.322 e. The van der Waals surface area contributed by atoms with Gasteiger partial charge >= 0.3 is 0 Å². The summed E-state index contributed by atoms with van der Waals surface area (Å²) in [6.07, 6.45) is 1.65. The van der Waals surface area contributed by atoms with E-state index in [4.69, 9.17) is 11.6 Å². The summed E-state index contributed by atoms with van der Waals surface area (Å²) in [6.45, 7) is 1.73. The summed E-state index contributed by atoms with van der Waals surface area (Å²) >= 11 is 5.84. The first-order valence-corrected chi connectivity index (χ1v) is 10.2. The van der Waals surface area contributed by atoms with Crippen LogP contribution in [0.2, 0.25) is 5.02 Å². The number of hydrogen-bond donors (Lipinski definition) is 1. The quantitative estimate of drug-likeness (QED) is 0.828. The van der Waals surface area contributed by atoms with E-state index in [2.05, 4.69) is 5.32 Å². The van der Waals surface area contributed by atoms with E-state index in [1.807, 2.05) is 0 Å². The molecule has 1 aliphatic carbocycles. The monoisotopic (exact) mass is 395 g/mol. The van der Waals surface area contributed by atoms with Crippen molar-refractivity contribution in [3.8, 4) is 0 Å². The van der Waals surface area contributed by atoms with Gasteiger partial charge in [-0.2, -0.15) is 0 Å². The second kappa shape index (κ2) is 7.00. The van der Waals surface area contributed by atoms with Crippen molar-refractivity contribution >= 4 is 33.0 Å². The molecule has 7 heteroatoms. The first-order chi connectivity index (χ1) is 12.3. The van der Waals surface area contributed by atoms with Gasteiger partial charge in [0.15, 0.2) is 14.6 Å². The van der Waals surface area contributed by atoms with Crippen molar-refractivity contribution in [3.63, 3.8) is 0 Å². The molecule has 0 saturated heterocycles. The molecule has 0 aromatic heterocycles. The molecule has 0 aliphatic heterocycles. The number of carbonyl (C=O) groups is 1. The zero-order valence-corrected chi connectivity index (χ0v) is 15.8. The maximum absolute atomic E-state index is 14.1. The molecule has 0 atom stereocenters. The Hall–Kier alpha value is -1.92. The maximum Gasteiger partial charge on any atom is 0.246 e. The number of anilines is 1. The molecule has 1 aliphatic rings. The highest BCUT2D eigenvalue weighted by molar-refractivity contribution is 7.93. The van der Waals surface area contributed by atoms with Gasteiger partial charge in [0.05, 0.1) is 10.6 Å². The number of hydrogen-bond acceptors (Lipinski definition) is 3. The predicted molar refractivity (Wildman–Crippen MR) is 99.6 cm³/mol. The molecule has 0 heterocycles. The SMILES string of the molecule is Cc1ccc(NC(=O)C2(S(=O)(=O)c3ccc(Cl)cc3)CCCC2)c(F)c1. The molecule has 0 bridgehead atoms. The van der Waals surface area contributed by atoms with Gasteiger partial charge in [0.2, 0.25) is 5.91 Å². The second-order valence-electron chi connectivity index (χ2n) is 6.60. The Bertz CT molecular complexity index is 936. The number of benzene rings is 2. The molecule has 1 N–H and O–H groups in total. The van der Waals surface area contributed by atoms with Crippen LogP contribution >= 0.6 is 11.6 Å². The van der Waals surface area contributed by atoms with Gasteiger partial charge in [-0.15, -0.1) is 0 Å². The Morgan fingerprint density at radius 1 is 1.12 bits per heavy atom. The Balaban J connectivity index is 1.99. The van der Waals surface area contributed by atoms with E-state index in [0.717, 1.165) is 0 Å². The van der Waals surface area contributed by atoms with Gasteiger partial charge in [0.1, 0.15) is 5.82 Å². The van der Waals surface area contributed by atoms with Crippen LogP contribution in [0.5, 0.6) is 0 Å². The van der Waals surface area contributed by atoms with Gasteiger partial charge in [0, 0.05) is 5.02 Å². The number of rotatable bonds is 4. The third kappa shape index (κ3) is 3.23. The summed E-state index contributed by atoms with van der Waals surface area (Å²) in [5.41, 5.74) is 0.697. The van der Waals surface area contributed by atoms with E-state index in [9.17, 15) is 17.6 Å². The predicted octanol–water partition coefficient (Wildman–Crippen LogP) is 4.51. The number of carbonyl (C=O) groups excluding carboxylic acids is 1. The molecular weight excluding hydrogens is 377 g/mol. The van der Waals surface area contributed by atoms with Crippen molar-refractivity contribution in [1.82, 2.24) is 0 Å². The number of halogens is 2. The van der Waals surface area contributed by atoms with Gasteiger partial charge in [-0.25, -0.2) is 12.8 Å². The molecule has 0 spiro atoms. The first-order valence-electron chi connectivity index (χ1n) is 8.34. The summed E-state index contributed by atoms with van der Waals surface area (Å²) in [6, 6.07) is 10.2. The van der Waals surface area contributed by atoms with E-state index >= 15 is 0 Å². The highest BCUT2D eigenvalue weighted by atomic mass is 35.5. The van der Waals surface area contributed by atoms with Crippen LogP contribution in [0.1, 0.15) is 31.2 Å². The Morgan fingerprint density at radius 3 is 2.31 bits per heavy atom. The first kappa shape index (κ1) is 18.9. The second-order valence-corrected chi connectivity index (χ2v) is 9.29. The molecule has 1 amide bonds. The minimum atomic E-state index is -3.95. The molecule has 26 heavy (non-hydrogen) atoms. The highest BCUT2D eigenvalue weighted by Gasteiger charge is 2.53. The summed E-state index contributed by atoms with van der Waals surface area (Å²) in [4.78, 5) is 13.0. The topological polar surface area (TPSA) is 63.2 Å². The van der Waals surface area contributed by atoms with Crippen molar-refractivity contribution in [2.24, 2.45) is 0 Å². The molecule has 2 aromatic carbocycles. The van der Waals surface area contributed by atoms with Gasteiger partial charge in [-0.1, -0.05) is 30.5 Å². The third-order valence-corrected chi connectivity index (χ3v) is 7.60. The van der Waals surface area contributed by atoms with Gasteiger partial charge in [-0.3, -0.25) is 4.79 Å². The molecule has 1 saturated carbocycles. The van der Waals surface area contributed by atoms with E-state index in [0.29, 0.717) is 23.4 Å². The molecule has 0 unspecified atom stereocenters. The lowest BCUT2D eigenvalue weighted by Gasteiger charge is -2.27. The maximum atomic E-state index is 14.1. The lowest BCUT2D eigenvalue weighted by atomic mass is 10.1. The largest absolute Gasteiger partial charge is 0.322 e. The summed E-state index contributed by atoms with van der Waals surface area (Å²) in [5, 5.41) is 2.90. The Morgan fingerprint density at radius 2 is 1.73 bits per heavy atom. The van der Waals surface area contributed by atoms with Crippen molar-refractivity contribution < 1.29 is 17.6 Å². The van der Waals surface area contributed by atoms with Crippen LogP contribution in [0.15, 0.2) is 47.4 Å². The zero-order valence-electron chi connectivity index (χ0n) is 14.3. The minimum absolute atomic E-state index is 0.0156. The van der Waals surface area contributed by atoms with Crippen molar-refractivity contribution in [1.29, 1.82) is 0 Å². The smallest absolute Gasteiger partial charge is 0.246 e. The zero-order chi connectivity index (χ0) is 18.9. The van der Waals surface area contributed by atoms with Gasteiger partial charge < -0.3 is 5.32 Å². The van der Waals surface area contributed by atoms with Crippen LogP contribution in [0.25, 0.3) is 0 Å². The fraction of sp³-hybridized carbons (Fsp3) is 0.316. The van der Waals surface area contributed by atoms with Crippen molar-refractivity contribution in [3.05, 3.63) is 58.9 Å². The highest BCUT2D eigenvalue weighted by Crippen LogP contribution is 2.41. The molecule has 0 radical (unpaired) electrons. The number of aryl methyl sites for hydroxylation is 1. The van der Waals surface area contributed by atoms with Crippen LogP contribution in [0.3, 0.4) is 0 Å². The fourth-order valence-corrected chi connectivity index (χ4v) is 5.55. The lowest BCUT2D eigenvalue weighted by Crippen LogP contribution is -2.47. The third-order valence-electron chi connectivity index (χ3n) is 4.84. The lowest BCUT2D eigenvalue weighted by molar-refractivity contribution is -0.118. The average molecular weight is 396 g/mol. The molecular formula is C19H19ClFNO3S. The number of sulfone groups is 1. The van der Waals surface area contributed by atoms with Crippen LogP contribution in [-0.2, 0) is 14.6 Å². The van der Waals surface area contributed by atoms with E-state index in [1.165, 1.54) is 36.4 Å². The normalized spacial score (nSPS) is 16.4. The molecule has 4 nitrogen and oxygen atoms in total. The summed E-state index contributed by atoms with van der Waals surface area (Å²) < 4.78 is 39.0. The van der Waals surface area contributed by atoms with E-state index in [1.54, 1.807) is 13.0 Å². The van der Waals surface area contributed by atoms with Crippen molar-refractivity contribution in [2.75, 3.05) is 5.32 Å². The van der Waals surface area contributed by atoms with Crippen LogP contribution in [0.4, 0.5) is 10.1 Å². The molecule has 138 valence electrons. The van der Waals surface area contributed by atoms with Crippen LogP contribution in [0, 0.1) is 12.7 Å². The molecule has 2 aromatic rings. The standard InChI is InChI=1S/C19H19ClFNO3S/c1-13-4-9-17(16(21)12-13)22-18(23)19(10-2-3-11-19)26(24,25)15-7-5-14(20)6-8-15/h4-9,12H,2-3,10-11H2,1H3,(H,22,23). The van der Waals surface area contributed by atoms with Gasteiger partial charge in [0.25, 0.3) is 0 Å². The van der Waals surface area contributed by atoms with Crippen LogP contribution in [-0.4, -0.2) is 19.1 Å². The van der Waals surface area contributed by atoms with Crippen molar-refractivity contribution in [2.45, 2.75) is 42.2 Å². The molecule has 3 rings (SSSR count). The number of nitrogens with one attached hydrogen (secondary N) is 1. The average Bonchev–Trinajstić information content (AvgIpc) is 3.09. The van der Waals surface area contributed by atoms with E-state index < -0.39 is 26.3 Å². The Kier molecular flexibility index (Phi) is 5.08. The summed E-state index contributed by atoms with van der Waals surface area (Å²) in [7, 11) is -3.95. The van der Waals surface area contributed by atoms with Gasteiger partial charge in [-0.05, 0) is 61.7 Å². The number of amides is 1. The summed E-state index contributed by atoms with van der Waals surface area (Å²) in [5.74, 6) is -1.27. The molecule has 1 fully saturated rings. The van der Waals surface area contributed by atoms with Crippen LogP contribution < -0.4 is 5.32 Å². The fourth-order valence-electron chi connectivity index (χ4n) is 3.36.